The highest BCUT2D eigenvalue weighted by Gasteiger charge is 2.29. The summed E-state index contributed by atoms with van der Waals surface area (Å²) in [7, 11) is -3.07. The van der Waals surface area contributed by atoms with Crippen LogP contribution in [0.5, 0.6) is 0 Å². The van der Waals surface area contributed by atoms with Crippen LogP contribution in [0.2, 0.25) is 0 Å². The maximum absolute atomic E-state index is 12.4. The Hall–Kier alpha value is -2.13. The second-order valence-electron chi connectivity index (χ2n) is 6.69. The van der Waals surface area contributed by atoms with Crippen LogP contribution < -0.4 is 5.32 Å². The second-order valence-corrected chi connectivity index (χ2v) is 9.95. The molecule has 7 nitrogen and oxygen atoms in total. The molecule has 0 bridgehead atoms. The van der Waals surface area contributed by atoms with Crippen LogP contribution in [0.25, 0.3) is 0 Å². The van der Waals surface area contributed by atoms with Crippen LogP contribution in [0.3, 0.4) is 0 Å². The van der Waals surface area contributed by atoms with Gasteiger partial charge in [0.1, 0.15) is 0 Å². The fourth-order valence-electron chi connectivity index (χ4n) is 3.20. The van der Waals surface area contributed by atoms with E-state index in [0.717, 1.165) is 11.4 Å². The predicted octanol–water partition coefficient (Wildman–Crippen LogP) is 1.67. The van der Waals surface area contributed by atoms with Gasteiger partial charge in [-0.2, -0.15) is 0 Å². The molecule has 1 fully saturated rings. The number of sulfone groups is 1. The predicted molar refractivity (Wildman–Crippen MR) is 103 cm³/mol. The Morgan fingerprint density at radius 1 is 1.37 bits per heavy atom. The quantitative estimate of drug-likeness (QED) is 0.731. The maximum atomic E-state index is 12.4. The molecule has 9 heteroatoms. The summed E-state index contributed by atoms with van der Waals surface area (Å²) in [5.74, 6) is -1.03. The van der Waals surface area contributed by atoms with E-state index in [9.17, 15) is 18.0 Å². The summed E-state index contributed by atoms with van der Waals surface area (Å²) in [6.07, 6.45) is 0.395. The molecule has 1 N–H and O–H groups in total. The first-order chi connectivity index (χ1) is 12.7. The molecule has 3 rings (SSSR count). The molecular weight excluding hydrogens is 388 g/mol. The van der Waals surface area contributed by atoms with Gasteiger partial charge in [0.2, 0.25) is 0 Å². The first kappa shape index (κ1) is 19.6. The minimum absolute atomic E-state index is 0.0590. The molecule has 0 aliphatic carbocycles. The number of nitrogens with one attached hydrogen (secondary N) is 1. The Labute approximate surface area is 162 Å². The van der Waals surface area contributed by atoms with Gasteiger partial charge in [-0.1, -0.05) is 6.07 Å². The van der Waals surface area contributed by atoms with Crippen molar-refractivity contribution in [2.75, 3.05) is 18.1 Å². The van der Waals surface area contributed by atoms with Crippen LogP contribution in [0.1, 0.15) is 33.0 Å². The average molecular weight is 411 g/mol. The summed E-state index contributed by atoms with van der Waals surface area (Å²) < 4.78 is 30.0. The van der Waals surface area contributed by atoms with Crippen LogP contribution in [0.15, 0.2) is 23.6 Å². The molecular formula is C18H22N2O5S2. The lowest BCUT2D eigenvalue weighted by Gasteiger charge is -2.11. The first-order valence-corrected chi connectivity index (χ1v) is 11.3. The largest absolute Gasteiger partial charge is 0.452 e. The Kier molecular flexibility index (Phi) is 5.71. The van der Waals surface area contributed by atoms with E-state index in [-0.39, 0.29) is 11.5 Å². The van der Waals surface area contributed by atoms with Gasteiger partial charge >= 0.3 is 5.97 Å². The molecule has 1 aliphatic heterocycles. The molecule has 2 aromatic rings. The average Bonchev–Trinajstić information content (AvgIpc) is 3.29. The minimum atomic E-state index is -3.07. The summed E-state index contributed by atoms with van der Waals surface area (Å²) in [5.41, 5.74) is 2.15. The van der Waals surface area contributed by atoms with Crippen LogP contribution >= 0.6 is 11.3 Å². The van der Waals surface area contributed by atoms with Gasteiger partial charge < -0.3 is 14.6 Å². The number of nitrogens with zero attached hydrogens (tertiary/aromatic N) is 1. The molecule has 0 radical (unpaired) electrons. The Morgan fingerprint density at radius 3 is 2.78 bits per heavy atom. The van der Waals surface area contributed by atoms with Crippen molar-refractivity contribution < 1.29 is 22.7 Å². The van der Waals surface area contributed by atoms with Gasteiger partial charge in [-0.05, 0) is 37.8 Å². The third kappa shape index (κ3) is 4.78. The van der Waals surface area contributed by atoms with E-state index in [1.54, 1.807) is 17.4 Å². The van der Waals surface area contributed by atoms with Crippen molar-refractivity contribution in [2.45, 2.75) is 32.9 Å². The molecule has 1 saturated heterocycles. The Balaban J connectivity index is 1.57. The summed E-state index contributed by atoms with van der Waals surface area (Å²) in [6, 6.07) is 5.37. The molecule has 27 heavy (non-hydrogen) atoms. The Bertz CT molecular complexity index is 945. The lowest BCUT2D eigenvalue weighted by Crippen LogP contribution is -2.38. The minimum Gasteiger partial charge on any atom is -0.452 e. The van der Waals surface area contributed by atoms with Crippen molar-refractivity contribution >= 4 is 33.1 Å². The molecule has 2 aromatic heterocycles. The van der Waals surface area contributed by atoms with Crippen molar-refractivity contribution in [1.82, 2.24) is 9.88 Å². The highest BCUT2D eigenvalue weighted by Crippen LogP contribution is 2.20. The molecule has 146 valence electrons. The van der Waals surface area contributed by atoms with E-state index in [0.29, 0.717) is 18.5 Å². The number of aryl methyl sites for hydroxylation is 1. The van der Waals surface area contributed by atoms with Crippen molar-refractivity contribution in [1.29, 1.82) is 0 Å². The van der Waals surface area contributed by atoms with Crippen LogP contribution in [-0.4, -0.2) is 49.0 Å². The third-order valence-electron chi connectivity index (χ3n) is 4.62. The van der Waals surface area contributed by atoms with Gasteiger partial charge in [0, 0.05) is 22.3 Å². The summed E-state index contributed by atoms with van der Waals surface area (Å²) in [6.45, 7) is 4.02. The van der Waals surface area contributed by atoms with Gasteiger partial charge in [0.25, 0.3) is 5.91 Å². The number of hydrogen-bond acceptors (Lipinski definition) is 6. The van der Waals surface area contributed by atoms with Crippen molar-refractivity contribution in [3.05, 3.63) is 45.4 Å². The van der Waals surface area contributed by atoms with E-state index >= 15 is 0 Å². The maximum Gasteiger partial charge on any atom is 0.340 e. The zero-order chi connectivity index (χ0) is 19.6. The van der Waals surface area contributed by atoms with E-state index in [4.69, 9.17) is 4.74 Å². The van der Waals surface area contributed by atoms with Gasteiger partial charge in [0.05, 0.1) is 23.6 Å². The number of carbonyl (C=O) groups is 2. The van der Waals surface area contributed by atoms with E-state index in [1.165, 1.54) is 4.88 Å². The fraction of sp³-hybridized carbons (Fsp3) is 0.444. The molecule has 0 spiro atoms. The number of esters is 1. The molecule has 0 unspecified atom stereocenters. The number of thiophene rings is 1. The number of amides is 1. The van der Waals surface area contributed by atoms with Gasteiger partial charge in [-0.25, -0.2) is 13.2 Å². The number of carbonyl (C=O) groups excluding carboxylic acids is 2. The number of ether oxygens (including phenoxy) is 1. The standard InChI is InChI=1S/C18H22N2O5S2/c1-12-8-16(13(2)20(12)9-15-4-3-6-26-15)18(22)25-10-17(21)19-14-5-7-27(23,24)11-14/h3-4,6,8,14H,5,7,9-11H2,1-2H3,(H,19,21)/t14-/m0/s1. The molecule has 1 amide bonds. The van der Waals surface area contributed by atoms with E-state index in [2.05, 4.69) is 5.32 Å². The number of hydrogen-bond donors (Lipinski definition) is 1. The van der Waals surface area contributed by atoms with E-state index < -0.39 is 34.4 Å². The van der Waals surface area contributed by atoms with Crippen LogP contribution in [0, 0.1) is 13.8 Å². The second kappa shape index (κ2) is 7.85. The molecule has 1 atom stereocenters. The topological polar surface area (TPSA) is 94.5 Å². The van der Waals surface area contributed by atoms with Gasteiger partial charge in [0.15, 0.2) is 16.4 Å². The third-order valence-corrected chi connectivity index (χ3v) is 7.25. The number of aromatic nitrogens is 1. The molecule has 0 saturated carbocycles. The molecule has 0 aromatic carbocycles. The summed E-state index contributed by atoms with van der Waals surface area (Å²) >= 11 is 1.65. The summed E-state index contributed by atoms with van der Waals surface area (Å²) in [4.78, 5) is 25.5. The zero-order valence-electron chi connectivity index (χ0n) is 15.2. The van der Waals surface area contributed by atoms with Gasteiger partial charge in [-0.3, -0.25) is 4.79 Å². The number of rotatable bonds is 6. The summed E-state index contributed by atoms with van der Waals surface area (Å²) in [5, 5.41) is 4.61. The van der Waals surface area contributed by atoms with Crippen molar-refractivity contribution in [3.63, 3.8) is 0 Å². The van der Waals surface area contributed by atoms with E-state index in [1.807, 2.05) is 35.9 Å². The smallest absolute Gasteiger partial charge is 0.340 e. The first-order valence-electron chi connectivity index (χ1n) is 8.61. The van der Waals surface area contributed by atoms with Crippen LogP contribution in [0.4, 0.5) is 0 Å². The van der Waals surface area contributed by atoms with Crippen molar-refractivity contribution in [2.24, 2.45) is 0 Å². The van der Waals surface area contributed by atoms with Gasteiger partial charge in [-0.15, -0.1) is 11.3 Å². The highest BCUT2D eigenvalue weighted by molar-refractivity contribution is 7.91. The Morgan fingerprint density at radius 2 is 2.15 bits per heavy atom. The fourth-order valence-corrected chi connectivity index (χ4v) is 5.56. The highest BCUT2D eigenvalue weighted by atomic mass is 32.2. The SMILES string of the molecule is Cc1cc(C(=O)OCC(=O)N[C@H]2CCS(=O)(=O)C2)c(C)n1Cc1cccs1. The molecule has 3 heterocycles. The normalized spacial score (nSPS) is 18.4. The zero-order valence-corrected chi connectivity index (χ0v) is 16.9. The lowest BCUT2D eigenvalue weighted by molar-refractivity contribution is -0.124. The van der Waals surface area contributed by atoms with Crippen LogP contribution in [-0.2, 0) is 25.9 Å². The lowest BCUT2D eigenvalue weighted by atomic mass is 10.2. The monoisotopic (exact) mass is 410 g/mol. The molecule has 1 aliphatic rings. The van der Waals surface area contributed by atoms with Crippen molar-refractivity contribution in [3.8, 4) is 0 Å².